The molecule has 4 nitrogen and oxygen atoms in total. The molecule has 2 aliphatic rings. The van der Waals surface area contributed by atoms with Crippen LogP contribution in [0.1, 0.15) is 44.2 Å². The van der Waals surface area contributed by atoms with Gasteiger partial charge in [0.05, 0.1) is 12.6 Å². The number of carboxylic acids is 1. The number of hydrogen-bond donors (Lipinski definition) is 2. The predicted molar refractivity (Wildman–Crippen MR) is 105 cm³/mol. The molecule has 1 aromatic carbocycles. The Hall–Kier alpha value is -2.02. The highest BCUT2D eigenvalue weighted by atomic mass is 19.2. The lowest BCUT2D eigenvalue weighted by atomic mass is 9.78. The van der Waals surface area contributed by atoms with E-state index in [-0.39, 0.29) is 29.7 Å². The molecule has 29 heavy (non-hydrogen) atoms. The zero-order chi connectivity index (χ0) is 21.1. The van der Waals surface area contributed by atoms with E-state index in [2.05, 4.69) is 25.2 Å². The van der Waals surface area contributed by atoms with E-state index in [9.17, 15) is 18.0 Å². The van der Waals surface area contributed by atoms with E-state index >= 15 is 0 Å². The molecule has 3 rings (SSSR count). The van der Waals surface area contributed by atoms with Crippen molar-refractivity contribution in [3.8, 4) is 5.75 Å². The number of halogens is 3. The summed E-state index contributed by atoms with van der Waals surface area (Å²) in [6.45, 7) is 3.27. The van der Waals surface area contributed by atoms with Crippen LogP contribution in [0.2, 0.25) is 0 Å². The minimum Gasteiger partial charge on any atom is -0.481 e. The number of fused-ring (bicyclic) bond motifs is 1. The molecule has 2 aliphatic carbocycles. The number of benzene rings is 1. The second kappa shape index (κ2) is 9.20. The van der Waals surface area contributed by atoms with E-state index in [0.717, 1.165) is 17.5 Å². The summed E-state index contributed by atoms with van der Waals surface area (Å²) in [6.07, 6.45) is -0.534. The number of aliphatic carboxylic acids is 1. The van der Waals surface area contributed by atoms with E-state index in [0.29, 0.717) is 12.8 Å². The summed E-state index contributed by atoms with van der Waals surface area (Å²) in [7, 11) is 0. The molecular formula is C22H28F3NO3. The van der Waals surface area contributed by atoms with E-state index in [1.807, 2.05) is 6.07 Å². The molecule has 7 heteroatoms. The number of carbonyl (C=O) groups is 1. The normalized spacial score (nSPS) is 26.5. The summed E-state index contributed by atoms with van der Waals surface area (Å²) >= 11 is 0. The third-order valence-electron chi connectivity index (χ3n) is 5.92. The number of ether oxygens (including phenoxy) is 1. The summed E-state index contributed by atoms with van der Waals surface area (Å²) in [5, 5.41) is 12.5. The van der Waals surface area contributed by atoms with Crippen molar-refractivity contribution in [3.63, 3.8) is 0 Å². The van der Waals surface area contributed by atoms with Crippen LogP contribution in [-0.2, 0) is 11.2 Å². The highest BCUT2D eigenvalue weighted by molar-refractivity contribution is 5.71. The van der Waals surface area contributed by atoms with E-state index in [1.54, 1.807) is 12.1 Å². The van der Waals surface area contributed by atoms with Crippen LogP contribution in [0.15, 0.2) is 23.8 Å². The van der Waals surface area contributed by atoms with Gasteiger partial charge in [-0.1, -0.05) is 19.1 Å². The van der Waals surface area contributed by atoms with Gasteiger partial charge < -0.3 is 15.2 Å². The summed E-state index contributed by atoms with van der Waals surface area (Å²) in [5.74, 6) is -0.489. The highest BCUT2D eigenvalue weighted by Gasteiger charge is 2.36. The van der Waals surface area contributed by atoms with Gasteiger partial charge in [0.15, 0.2) is 6.17 Å². The number of hydrogen-bond acceptors (Lipinski definition) is 3. The van der Waals surface area contributed by atoms with Crippen LogP contribution in [0, 0.1) is 11.8 Å². The second-order valence-corrected chi connectivity index (χ2v) is 8.16. The lowest BCUT2D eigenvalue weighted by molar-refractivity contribution is -0.145. The van der Waals surface area contributed by atoms with Gasteiger partial charge in [0.2, 0.25) is 0 Å². The van der Waals surface area contributed by atoms with Crippen molar-refractivity contribution in [2.75, 3.05) is 6.67 Å². The Morgan fingerprint density at radius 3 is 2.72 bits per heavy atom. The SMILES string of the molecule is CC(NC1CC(C(=O)O)C1)C1=Cc2ccc(OC(F)C(F)CCF)cc2C[C@@H]1C. The third-order valence-corrected chi connectivity index (χ3v) is 5.92. The fourth-order valence-corrected chi connectivity index (χ4v) is 4.14. The Morgan fingerprint density at radius 2 is 2.07 bits per heavy atom. The van der Waals surface area contributed by atoms with Gasteiger partial charge in [-0.25, -0.2) is 4.39 Å². The first-order chi connectivity index (χ1) is 13.8. The average molecular weight is 411 g/mol. The van der Waals surface area contributed by atoms with Crippen molar-refractivity contribution in [2.45, 2.75) is 64.1 Å². The Labute approximate surface area is 169 Å². The van der Waals surface area contributed by atoms with Crippen LogP contribution in [0.5, 0.6) is 5.75 Å². The molecule has 0 saturated heterocycles. The van der Waals surface area contributed by atoms with Crippen molar-refractivity contribution in [3.05, 3.63) is 34.9 Å². The van der Waals surface area contributed by atoms with Crippen LogP contribution in [0.4, 0.5) is 13.2 Å². The molecular weight excluding hydrogens is 383 g/mol. The summed E-state index contributed by atoms with van der Waals surface area (Å²) < 4.78 is 44.4. The van der Waals surface area contributed by atoms with Gasteiger partial charge in [0, 0.05) is 18.5 Å². The van der Waals surface area contributed by atoms with Crippen molar-refractivity contribution >= 4 is 12.0 Å². The first kappa shape index (κ1) is 21.7. The van der Waals surface area contributed by atoms with Crippen LogP contribution < -0.4 is 10.1 Å². The first-order valence-electron chi connectivity index (χ1n) is 10.1. The lowest BCUT2D eigenvalue weighted by Crippen LogP contribution is -2.48. The molecule has 0 heterocycles. The van der Waals surface area contributed by atoms with Crippen LogP contribution in [0.25, 0.3) is 6.08 Å². The Morgan fingerprint density at radius 1 is 1.34 bits per heavy atom. The monoisotopic (exact) mass is 411 g/mol. The molecule has 0 spiro atoms. The van der Waals surface area contributed by atoms with Crippen LogP contribution in [0.3, 0.4) is 0 Å². The van der Waals surface area contributed by atoms with Crippen LogP contribution in [-0.4, -0.2) is 42.4 Å². The molecule has 3 unspecified atom stereocenters. The van der Waals surface area contributed by atoms with Gasteiger partial charge in [-0.05, 0) is 60.9 Å². The summed E-state index contributed by atoms with van der Waals surface area (Å²) in [5.41, 5.74) is 3.24. The summed E-state index contributed by atoms with van der Waals surface area (Å²) in [4.78, 5) is 11.0. The maximum absolute atomic E-state index is 13.8. The second-order valence-electron chi connectivity index (χ2n) is 8.16. The molecule has 0 radical (unpaired) electrons. The van der Waals surface area contributed by atoms with Gasteiger partial charge in [-0.2, -0.15) is 4.39 Å². The number of carboxylic acid groups (broad SMARTS) is 1. The minimum absolute atomic E-state index is 0.122. The molecule has 0 aromatic heterocycles. The summed E-state index contributed by atoms with van der Waals surface area (Å²) in [6, 6.07) is 5.48. The molecule has 0 aliphatic heterocycles. The lowest BCUT2D eigenvalue weighted by Gasteiger charge is -2.37. The zero-order valence-corrected chi connectivity index (χ0v) is 16.7. The largest absolute Gasteiger partial charge is 0.481 e. The van der Waals surface area contributed by atoms with Gasteiger partial charge in [0.1, 0.15) is 5.75 Å². The number of alkyl halides is 3. The molecule has 0 bridgehead atoms. The molecule has 2 N–H and O–H groups in total. The maximum atomic E-state index is 13.8. The topological polar surface area (TPSA) is 58.6 Å². The van der Waals surface area contributed by atoms with Gasteiger partial charge in [-0.3, -0.25) is 9.18 Å². The Balaban J connectivity index is 1.64. The zero-order valence-electron chi connectivity index (χ0n) is 16.7. The van der Waals surface area contributed by atoms with Crippen molar-refractivity contribution in [1.29, 1.82) is 0 Å². The van der Waals surface area contributed by atoms with E-state index < -0.39 is 31.6 Å². The molecule has 1 fully saturated rings. The average Bonchev–Trinajstić information content (AvgIpc) is 2.63. The fraction of sp³-hybridized carbons (Fsp3) is 0.591. The minimum atomic E-state index is -2.18. The molecule has 1 aromatic rings. The van der Waals surface area contributed by atoms with Gasteiger partial charge in [0.25, 0.3) is 6.36 Å². The molecule has 160 valence electrons. The third kappa shape index (κ3) is 5.13. The molecule has 4 atom stereocenters. The van der Waals surface area contributed by atoms with E-state index in [1.165, 1.54) is 5.57 Å². The molecule has 1 saturated carbocycles. The van der Waals surface area contributed by atoms with Crippen molar-refractivity contribution in [2.24, 2.45) is 11.8 Å². The standard InChI is InChI=1S/C22H28F3NO3/c1-12-7-15-10-18(29-21(25)20(24)5-6-23)4-3-14(15)11-19(12)13(2)26-17-8-16(9-17)22(27)28/h3-4,10-13,16-17,20-21,26H,5-9H2,1-2H3,(H,27,28)/t12-,13?,16?,17?,20?,21?/m0/s1. The van der Waals surface area contributed by atoms with Gasteiger partial charge >= 0.3 is 5.97 Å². The fourth-order valence-electron chi connectivity index (χ4n) is 4.14. The van der Waals surface area contributed by atoms with E-state index in [4.69, 9.17) is 9.84 Å². The van der Waals surface area contributed by atoms with Gasteiger partial charge in [-0.15, -0.1) is 0 Å². The Bertz CT molecular complexity index is 764. The molecule has 0 amide bonds. The Kier molecular flexibility index (Phi) is 6.88. The highest BCUT2D eigenvalue weighted by Crippen LogP contribution is 2.34. The smallest absolute Gasteiger partial charge is 0.306 e. The van der Waals surface area contributed by atoms with Crippen molar-refractivity contribution in [1.82, 2.24) is 5.32 Å². The predicted octanol–water partition coefficient (Wildman–Crippen LogP) is 4.48. The quantitative estimate of drug-likeness (QED) is 0.629. The number of rotatable bonds is 9. The van der Waals surface area contributed by atoms with Crippen LogP contribution >= 0.6 is 0 Å². The first-order valence-corrected chi connectivity index (χ1v) is 10.1. The van der Waals surface area contributed by atoms with Crippen molar-refractivity contribution < 1.29 is 27.8 Å². The maximum Gasteiger partial charge on any atom is 0.306 e. The number of nitrogens with one attached hydrogen (secondary N) is 1.